The van der Waals surface area contributed by atoms with Gasteiger partial charge in [-0.25, -0.2) is 4.39 Å². The lowest BCUT2D eigenvalue weighted by atomic mass is 10.1. The predicted octanol–water partition coefficient (Wildman–Crippen LogP) is 2.66. The molecule has 100 valence electrons. The zero-order chi connectivity index (χ0) is 13.8. The number of carbonyl (C=O) groups excluding carboxylic acids is 1. The van der Waals surface area contributed by atoms with E-state index in [1.54, 1.807) is 0 Å². The molecule has 1 aromatic rings. The fourth-order valence-corrected chi connectivity index (χ4v) is 1.72. The normalized spacial score (nSPS) is 11.4. The summed E-state index contributed by atoms with van der Waals surface area (Å²) in [7, 11) is 0. The van der Waals surface area contributed by atoms with Crippen molar-refractivity contribution in [2.24, 2.45) is 0 Å². The van der Waals surface area contributed by atoms with Gasteiger partial charge < -0.3 is 10.1 Å². The van der Waals surface area contributed by atoms with Gasteiger partial charge in [0.25, 0.3) is 5.91 Å². The molecule has 0 fully saturated rings. The first-order valence-electron chi connectivity index (χ1n) is 5.76. The number of thiol groups is 1. The second-order valence-electron chi connectivity index (χ2n) is 4.54. The van der Waals surface area contributed by atoms with E-state index < -0.39 is 17.3 Å². The van der Waals surface area contributed by atoms with Crippen molar-refractivity contribution >= 4 is 18.5 Å². The highest BCUT2D eigenvalue weighted by Crippen LogP contribution is 2.14. The monoisotopic (exact) mass is 271 g/mol. The molecule has 0 aliphatic heterocycles. The molecule has 0 bridgehead atoms. The van der Waals surface area contributed by atoms with E-state index in [-0.39, 0.29) is 5.56 Å². The van der Waals surface area contributed by atoms with Crippen LogP contribution in [0.2, 0.25) is 0 Å². The van der Waals surface area contributed by atoms with Crippen LogP contribution in [0.3, 0.4) is 0 Å². The molecule has 0 saturated carbocycles. The average Bonchev–Trinajstić information content (AvgIpc) is 2.29. The minimum atomic E-state index is -0.556. The SMILES string of the molecule is CCOC(C)(C)CNC(=O)c1cc(S)ccc1F. The summed E-state index contributed by atoms with van der Waals surface area (Å²) in [5, 5.41) is 2.65. The first-order valence-corrected chi connectivity index (χ1v) is 6.21. The molecule has 0 unspecified atom stereocenters. The van der Waals surface area contributed by atoms with E-state index in [2.05, 4.69) is 17.9 Å². The van der Waals surface area contributed by atoms with Crippen LogP contribution in [-0.4, -0.2) is 24.7 Å². The molecular weight excluding hydrogens is 253 g/mol. The van der Waals surface area contributed by atoms with E-state index in [9.17, 15) is 9.18 Å². The molecule has 0 spiro atoms. The van der Waals surface area contributed by atoms with Crippen molar-refractivity contribution in [1.29, 1.82) is 0 Å². The molecule has 0 aliphatic rings. The lowest BCUT2D eigenvalue weighted by Crippen LogP contribution is -2.40. The first-order chi connectivity index (χ1) is 8.35. The molecule has 0 heterocycles. The number of amides is 1. The molecule has 1 aromatic carbocycles. The standard InChI is InChI=1S/C13H18FNO2S/c1-4-17-13(2,3)8-15-12(16)10-7-9(18)5-6-11(10)14/h5-7,18H,4,8H2,1-3H3,(H,15,16). The quantitative estimate of drug-likeness (QED) is 0.808. The summed E-state index contributed by atoms with van der Waals surface area (Å²) in [6, 6.07) is 4.13. The van der Waals surface area contributed by atoms with E-state index in [1.807, 2.05) is 20.8 Å². The van der Waals surface area contributed by atoms with Gasteiger partial charge in [-0.2, -0.15) is 0 Å². The Labute approximate surface area is 112 Å². The van der Waals surface area contributed by atoms with Crippen molar-refractivity contribution in [3.05, 3.63) is 29.6 Å². The number of rotatable bonds is 5. The summed E-state index contributed by atoms with van der Waals surface area (Å²) in [5.41, 5.74) is -0.478. The third-order valence-corrected chi connectivity index (χ3v) is 2.68. The number of halogens is 1. The van der Waals surface area contributed by atoms with Crippen LogP contribution in [0, 0.1) is 5.82 Å². The van der Waals surface area contributed by atoms with E-state index in [1.165, 1.54) is 18.2 Å². The maximum atomic E-state index is 13.5. The van der Waals surface area contributed by atoms with Crippen molar-refractivity contribution < 1.29 is 13.9 Å². The Balaban J connectivity index is 2.69. The van der Waals surface area contributed by atoms with Gasteiger partial charge in [0.15, 0.2) is 0 Å². The predicted molar refractivity (Wildman–Crippen MR) is 71.7 cm³/mol. The van der Waals surface area contributed by atoms with Gasteiger partial charge in [-0.05, 0) is 39.0 Å². The van der Waals surface area contributed by atoms with E-state index in [0.29, 0.717) is 18.0 Å². The molecule has 0 aromatic heterocycles. The second-order valence-corrected chi connectivity index (χ2v) is 5.06. The molecule has 0 saturated heterocycles. The topological polar surface area (TPSA) is 38.3 Å². The Hall–Kier alpha value is -1.07. The summed E-state index contributed by atoms with van der Waals surface area (Å²) < 4.78 is 18.9. The van der Waals surface area contributed by atoms with Gasteiger partial charge in [-0.15, -0.1) is 12.6 Å². The maximum Gasteiger partial charge on any atom is 0.254 e. The molecule has 1 rings (SSSR count). The van der Waals surface area contributed by atoms with Gasteiger partial charge >= 0.3 is 0 Å². The Morgan fingerprint density at radius 2 is 2.17 bits per heavy atom. The lowest BCUT2D eigenvalue weighted by Gasteiger charge is -2.24. The van der Waals surface area contributed by atoms with Crippen LogP contribution in [0.25, 0.3) is 0 Å². The van der Waals surface area contributed by atoms with Gasteiger partial charge in [0.2, 0.25) is 0 Å². The molecule has 0 aliphatic carbocycles. The van der Waals surface area contributed by atoms with Gasteiger partial charge in [0.1, 0.15) is 5.82 Å². The van der Waals surface area contributed by atoms with Crippen LogP contribution >= 0.6 is 12.6 Å². The summed E-state index contributed by atoms with van der Waals surface area (Å²) >= 11 is 4.08. The fourth-order valence-electron chi connectivity index (χ4n) is 1.52. The zero-order valence-corrected chi connectivity index (χ0v) is 11.7. The molecule has 5 heteroatoms. The highest BCUT2D eigenvalue weighted by Gasteiger charge is 2.20. The van der Waals surface area contributed by atoms with Crippen molar-refractivity contribution in [3.8, 4) is 0 Å². The summed E-state index contributed by atoms with van der Waals surface area (Å²) in [6.45, 7) is 6.48. The van der Waals surface area contributed by atoms with Crippen LogP contribution in [0.4, 0.5) is 4.39 Å². The molecule has 1 N–H and O–H groups in total. The van der Waals surface area contributed by atoms with Gasteiger partial charge in [0, 0.05) is 18.0 Å². The Morgan fingerprint density at radius 3 is 2.78 bits per heavy atom. The van der Waals surface area contributed by atoms with Crippen LogP contribution in [0.1, 0.15) is 31.1 Å². The minimum Gasteiger partial charge on any atom is -0.374 e. The highest BCUT2D eigenvalue weighted by molar-refractivity contribution is 7.80. The molecule has 3 nitrogen and oxygen atoms in total. The maximum absolute atomic E-state index is 13.5. The number of carbonyl (C=O) groups is 1. The smallest absolute Gasteiger partial charge is 0.254 e. The number of hydrogen-bond donors (Lipinski definition) is 2. The second kappa shape index (κ2) is 6.20. The van der Waals surface area contributed by atoms with Crippen molar-refractivity contribution in [2.45, 2.75) is 31.3 Å². The average molecular weight is 271 g/mol. The van der Waals surface area contributed by atoms with Crippen molar-refractivity contribution in [1.82, 2.24) is 5.32 Å². The Bertz CT molecular complexity index is 435. The Kier molecular flexibility index (Phi) is 5.16. The molecule has 0 radical (unpaired) electrons. The number of nitrogens with one attached hydrogen (secondary N) is 1. The number of benzene rings is 1. The van der Waals surface area contributed by atoms with Crippen LogP contribution < -0.4 is 5.32 Å². The fraction of sp³-hybridized carbons (Fsp3) is 0.462. The third-order valence-electron chi connectivity index (χ3n) is 2.40. The minimum absolute atomic E-state index is 0.00482. The summed E-state index contributed by atoms with van der Waals surface area (Å²) in [6.07, 6.45) is 0. The first kappa shape index (κ1) is 15.0. The van der Waals surface area contributed by atoms with Gasteiger partial charge in [-0.3, -0.25) is 4.79 Å². The molecular formula is C13H18FNO2S. The summed E-state index contributed by atoms with van der Waals surface area (Å²) in [4.78, 5) is 12.4. The van der Waals surface area contributed by atoms with Gasteiger partial charge in [0.05, 0.1) is 11.2 Å². The highest BCUT2D eigenvalue weighted by atomic mass is 32.1. The number of ether oxygens (including phenoxy) is 1. The van der Waals surface area contributed by atoms with Crippen LogP contribution in [0.15, 0.2) is 23.1 Å². The van der Waals surface area contributed by atoms with E-state index >= 15 is 0 Å². The Morgan fingerprint density at radius 1 is 1.50 bits per heavy atom. The molecule has 18 heavy (non-hydrogen) atoms. The summed E-state index contributed by atoms with van der Waals surface area (Å²) in [5.74, 6) is -1.02. The van der Waals surface area contributed by atoms with E-state index in [0.717, 1.165) is 0 Å². The largest absolute Gasteiger partial charge is 0.374 e. The molecule has 1 amide bonds. The number of hydrogen-bond acceptors (Lipinski definition) is 3. The van der Waals surface area contributed by atoms with Crippen LogP contribution in [-0.2, 0) is 4.74 Å². The third kappa shape index (κ3) is 4.31. The lowest BCUT2D eigenvalue weighted by molar-refractivity contribution is -0.00818. The molecule has 0 atom stereocenters. The zero-order valence-electron chi connectivity index (χ0n) is 10.8. The van der Waals surface area contributed by atoms with Crippen LogP contribution in [0.5, 0.6) is 0 Å². The van der Waals surface area contributed by atoms with Crippen molar-refractivity contribution in [2.75, 3.05) is 13.2 Å². The van der Waals surface area contributed by atoms with Crippen molar-refractivity contribution in [3.63, 3.8) is 0 Å². The van der Waals surface area contributed by atoms with Gasteiger partial charge in [-0.1, -0.05) is 0 Å². The van der Waals surface area contributed by atoms with E-state index in [4.69, 9.17) is 4.74 Å².